The van der Waals surface area contributed by atoms with Crippen LogP contribution in [-0.2, 0) is 50.1 Å². The normalized spacial score (nSPS) is 14.6. The summed E-state index contributed by atoms with van der Waals surface area (Å²) in [6.07, 6.45) is 26.8. The first-order chi connectivity index (χ1) is 25.7. The van der Waals surface area contributed by atoms with Crippen LogP contribution in [0.25, 0.3) is 23.1 Å². The number of aromatic hydroxyl groups is 1. The molecule has 0 spiro atoms. The van der Waals surface area contributed by atoms with Crippen LogP contribution in [0.15, 0.2) is 90.8 Å². The van der Waals surface area contributed by atoms with E-state index in [1.54, 1.807) is 24.3 Å². The minimum Gasteiger partial charge on any atom is -0.870 e. The molecule has 0 bridgehead atoms. The number of fused-ring (bicyclic) bond motifs is 1. The average molecular weight is 832 g/mol. The van der Waals surface area contributed by atoms with Crippen molar-refractivity contribution in [2.75, 3.05) is 20.8 Å². The van der Waals surface area contributed by atoms with E-state index in [1.807, 2.05) is 88.2 Å². The van der Waals surface area contributed by atoms with Crippen molar-refractivity contribution in [1.82, 2.24) is 10.3 Å². The molecule has 1 heterocycles. The number of phenolic OH excluding ortho intramolecular Hbond substituents is 1. The Morgan fingerprint density at radius 1 is 0.855 bits per heavy atom. The molecule has 0 unspecified atom stereocenters. The number of benzene rings is 3. The number of carbonyl (C=O) groups is 2. The molecule has 287 valence electrons. The topological polar surface area (TPSA) is 167 Å². The summed E-state index contributed by atoms with van der Waals surface area (Å²) in [4.78, 5) is 26.4. The zero-order valence-electron chi connectivity index (χ0n) is 29.9. The second-order valence-corrected chi connectivity index (χ2v) is 11.6. The van der Waals surface area contributed by atoms with Crippen molar-refractivity contribution in [3.05, 3.63) is 171 Å². The van der Waals surface area contributed by atoms with Gasteiger partial charge in [-0.3, -0.25) is 4.79 Å². The summed E-state index contributed by atoms with van der Waals surface area (Å²) in [5, 5.41) is 46.3. The van der Waals surface area contributed by atoms with Gasteiger partial charge in [-0.2, -0.15) is 0 Å². The van der Waals surface area contributed by atoms with Gasteiger partial charge in [-0.25, -0.2) is 0 Å². The van der Waals surface area contributed by atoms with Gasteiger partial charge in [0, 0.05) is 29.7 Å². The molecule has 12 heteroatoms. The van der Waals surface area contributed by atoms with Gasteiger partial charge >= 0.3 is 34.1 Å². The molecule has 11 radical (unpaired) electrons. The fourth-order valence-electron chi connectivity index (χ4n) is 5.04. The number of carbonyl (C=O) groups excluding carboxylic acids is 2. The number of ketones is 1. The smallest absolute Gasteiger partial charge is 0.870 e. The third-order valence-electron chi connectivity index (χ3n) is 7.79. The minimum absolute atomic E-state index is 0. The van der Waals surface area contributed by atoms with Gasteiger partial charge < -0.3 is 45.0 Å². The van der Waals surface area contributed by atoms with Gasteiger partial charge in [-0.15, -0.1) is 0 Å². The summed E-state index contributed by atoms with van der Waals surface area (Å²) in [7, 11) is 2.83. The van der Waals surface area contributed by atoms with Crippen LogP contribution in [0.5, 0.6) is 23.0 Å². The Balaban J connectivity index is 0.000000332. The number of nitrogens with one attached hydrogen (secondary N) is 2. The molecule has 6 rings (SSSR count). The fraction of sp³-hybridized carbons (Fsp3) is 0.116. The van der Waals surface area contributed by atoms with Gasteiger partial charge in [0.15, 0.2) is 17.3 Å². The maximum absolute atomic E-state index is 11.9. The summed E-state index contributed by atoms with van der Waals surface area (Å²) in [6.45, 7) is 0.522. The molecule has 2 aliphatic rings. The number of aliphatic hydroxyl groups is 1. The van der Waals surface area contributed by atoms with Crippen LogP contribution < -0.4 is 25.0 Å². The largest absolute Gasteiger partial charge is 2.00 e. The molecule has 2 fully saturated rings. The van der Waals surface area contributed by atoms with E-state index in [0.717, 1.165) is 28.5 Å². The Labute approximate surface area is 344 Å². The number of allylic oxidation sites excluding steroid dienone is 3. The molecule has 3 aromatic carbocycles. The number of rotatable bonds is 13. The Morgan fingerprint density at radius 3 is 2.09 bits per heavy atom. The van der Waals surface area contributed by atoms with E-state index in [9.17, 15) is 30.0 Å². The number of phenols is 1. The van der Waals surface area contributed by atoms with Crippen LogP contribution in [0.2, 0.25) is 0 Å². The standard InChI is InChI=1S/C21H20O6.C17H17N2O2.C5H5.Cu.Fe/c1-26-20-11-14(5-9-18(20)24)3-7-16(22)13-17(23)8-4-15-6-10-19(25)21(12-15)27-2;20-17(21)16(18-10-12-5-1-2-6-12)9-13-11-19-15-8-4-3-7-14(13)15;1-2-4-5-3-1;;/h3-13,22,24-25H,1-2H3;1-8,11,16,18-19H,9-10H2,(H,20,21);1-5H;;/q;;;2*+2/p-2/b7-3+,8-4+,16-13-;;;;/t;16-;;;/m.0.../s1. The van der Waals surface area contributed by atoms with Gasteiger partial charge in [-0.1, -0.05) is 54.3 Å². The Bertz CT molecular complexity index is 1870. The maximum atomic E-state index is 11.9. The van der Waals surface area contributed by atoms with Gasteiger partial charge in [0.25, 0.3) is 0 Å². The number of aliphatic carboxylic acids is 1. The molecular formula is C43H40CuFeN2O8+2. The summed E-state index contributed by atoms with van der Waals surface area (Å²) in [5.74, 6) is -0.401. The Hall–Kier alpha value is -4.44. The zero-order chi connectivity index (χ0) is 38.0. The molecule has 4 aromatic rings. The van der Waals surface area contributed by atoms with E-state index in [-0.39, 0.29) is 57.1 Å². The van der Waals surface area contributed by atoms with Gasteiger partial charge in [0.05, 0.1) is 26.2 Å². The Kier molecular flexibility index (Phi) is 21.1. The predicted molar refractivity (Wildman–Crippen MR) is 202 cm³/mol. The first kappa shape index (κ1) is 46.7. The van der Waals surface area contributed by atoms with Gasteiger partial charge in [0.2, 0.25) is 0 Å². The quantitative estimate of drug-likeness (QED) is 0.0624. The van der Waals surface area contributed by atoms with Gasteiger partial charge in [0.1, 0.15) is 11.5 Å². The molecule has 55 heavy (non-hydrogen) atoms. The average Bonchev–Trinajstić information content (AvgIpc) is 3.98. The molecule has 4 N–H and O–H groups in total. The second-order valence-electron chi connectivity index (χ2n) is 11.6. The first-order valence-electron chi connectivity index (χ1n) is 16.6. The summed E-state index contributed by atoms with van der Waals surface area (Å²) in [5.41, 5.74) is 3.30. The third-order valence-corrected chi connectivity index (χ3v) is 7.79. The van der Waals surface area contributed by atoms with Crippen molar-refractivity contribution < 1.29 is 73.6 Å². The van der Waals surface area contributed by atoms with Gasteiger partial charge in [-0.05, 0) is 123 Å². The molecule has 0 saturated heterocycles. The molecule has 10 nitrogen and oxygen atoms in total. The van der Waals surface area contributed by atoms with Crippen molar-refractivity contribution in [1.29, 1.82) is 0 Å². The molecular weight excluding hydrogens is 792 g/mol. The van der Waals surface area contributed by atoms with Crippen molar-refractivity contribution in [3.8, 4) is 23.0 Å². The summed E-state index contributed by atoms with van der Waals surface area (Å²) in [6, 6.07) is 16.3. The zero-order valence-corrected chi connectivity index (χ0v) is 32.0. The molecule has 1 atom stereocenters. The van der Waals surface area contributed by atoms with Crippen LogP contribution in [-0.4, -0.2) is 53.8 Å². The summed E-state index contributed by atoms with van der Waals surface area (Å²) < 4.78 is 9.94. The van der Waals surface area contributed by atoms with Crippen molar-refractivity contribution in [3.63, 3.8) is 0 Å². The van der Waals surface area contributed by atoms with Crippen molar-refractivity contribution in [2.24, 2.45) is 0 Å². The van der Waals surface area contributed by atoms with E-state index in [2.05, 4.69) is 10.3 Å². The minimum atomic E-state index is -1.08. The third kappa shape index (κ3) is 15.7. The van der Waals surface area contributed by atoms with Crippen molar-refractivity contribution >= 4 is 34.8 Å². The van der Waals surface area contributed by atoms with Crippen LogP contribution >= 0.6 is 0 Å². The number of para-hydroxylation sites is 1. The number of aromatic amines is 1. The van der Waals surface area contributed by atoms with Crippen LogP contribution in [0.4, 0.5) is 0 Å². The second kappa shape index (κ2) is 24.9. The number of hydrogen-bond donors (Lipinski definition) is 4. The number of H-pyrrole nitrogens is 1. The number of carboxylic acids is 1. The van der Waals surface area contributed by atoms with E-state index in [0.29, 0.717) is 29.8 Å². The van der Waals surface area contributed by atoms with Crippen LogP contribution in [0.1, 0.15) is 16.7 Å². The SMILES string of the molecule is COc1cc(/C=C/C(O)=C/C(=O)/C=C/c2ccc(O)c(OC)c2)ccc1[O-].O=C([O-])[C@H](Cc1c[nH]c2ccccc12)NC[C]1[CH][CH][CH][CH]1.[CH]1[CH][CH][CH][CH]1.[Cu+2].[Fe+2]. The number of methoxy groups -OCH3 is 2. The molecule has 1 aromatic heterocycles. The van der Waals surface area contributed by atoms with E-state index in [4.69, 9.17) is 9.47 Å². The number of hydrogen-bond acceptors (Lipinski definition) is 9. The number of ether oxygens (including phenoxy) is 2. The monoisotopic (exact) mass is 831 g/mol. The summed E-state index contributed by atoms with van der Waals surface area (Å²) >= 11 is 0. The van der Waals surface area contributed by atoms with E-state index < -0.39 is 17.8 Å². The fourth-order valence-corrected chi connectivity index (χ4v) is 5.04. The molecule has 2 saturated carbocycles. The van der Waals surface area contributed by atoms with E-state index in [1.165, 1.54) is 50.6 Å². The number of carboxylic acid groups (broad SMARTS) is 1. The predicted octanol–water partition coefficient (Wildman–Crippen LogP) is 5.06. The van der Waals surface area contributed by atoms with Crippen LogP contribution in [0.3, 0.4) is 0 Å². The Morgan fingerprint density at radius 2 is 1.45 bits per heavy atom. The van der Waals surface area contributed by atoms with Crippen LogP contribution in [0, 0.1) is 63.7 Å². The molecule has 0 amide bonds. The number of aliphatic hydroxyl groups excluding tert-OH is 1. The maximum Gasteiger partial charge on any atom is 2.00 e. The first-order valence-corrected chi connectivity index (χ1v) is 16.6. The molecule has 0 aliphatic heterocycles. The van der Waals surface area contributed by atoms with Crippen molar-refractivity contribution in [2.45, 2.75) is 12.5 Å². The number of aromatic nitrogens is 1. The van der Waals surface area contributed by atoms with E-state index >= 15 is 0 Å². The molecule has 2 aliphatic carbocycles.